The summed E-state index contributed by atoms with van der Waals surface area (Å²) in [6.07, 6.45) is 0.731. The lowest BCUT2D eigenvalue weighted by atomic mass is 9.90. The predicted octanol–water partition coefficient (Wildman–Crippen LogP) is 1.99. The largest absolute Gasteiger partial charge is 0.235 e. The molecule has 0 unspecified atom stereocenters. The van der Waals surface area contributed by atoms with Gasteiger partial charge in [-0.15, -0.1) is 0 Å². The second-order valence-corrected chi connectivity index (χ2v) is 7.07. The standard InChI is InChI=1S/C7H13ClO2S/c1-7(2,3)5-4-6(5)11(8,9)10/h5-6H,4H2,1-3H3/t5-,6-/m1/s1. The molecule has 1 rings (SSSR count). The Kier molecular flexibility index (Phi) is 2.00. The third-order valence-electron chi connectivity index (χ3n) is 2.21. The molecule has 0 aliphatic heterocycles. The van der Waals surface area contributed by atoms with E-state index >= 15 is 0 Å². The molecule has 0 aromatic heterocycles. The van der Waals surface area contributed by atoms with E-state index in [2.05, 4.69) is 0 Å². The monoisotopic (exact) mass is 196 g/mol. The molecular formula is C7H13ClO2S. The van der Waals surface area contributed by atoms with Gasteiger partial charge in [0.25, 0.3) is 0 Å². The van der Waals surface area contributed by atoms with Crippen LogP contribution in [-0.2, 0) is 9.05 Å². The summed E-state index contributed by atoms with van der Waals surface area (Å²) in [5, 5.41) is -0.288. The van der Waals surface area contributed by atoms with Crippen LogP contribution >= 0.6 is 10.7 Å². The Morgan fingerprint density at radius 2 is 1.82 bits per heavy atom. The fraction of sp³-hybridized carbons (Fsp3) is 1.00. The molecule has 0 radical (unpaired) electrons. The highest BCUT2D eigenvalue weighted by molar-refractivity contribution is 8.14. The van der Waals surface area contributed by atoms with Crippen LogP contribution < -0.4 is 0 Å². The van der Waals surface area contributed by atoms with Gasteiger partial charge in [-0.25, -0.2) is 8.42 Å². The van der Waals surface area contributed by atoms with Gasteiger partial charge in [-0.3, -0.25) is 0 Å². The van der Waals surface area contributed by atoms with E-state index in [-0.39, 0.29) is 16.6 Å². The quantitative estimate of drug-likeness (QED) is 0.602. The first-order chi connectivity index (χ1) is 4.73. The fourth-order valence-electron chi connectivity index (χ4n) is 1.39. The van der Waals surface area contributed by atoms with Crippen molar-refractivity contribution >= 4 is 19.7 Å². The van der Waals surface area contributed by atoms with Crippen LogP contribution in [0, 0.1) is 11.3 Å². The van der Waals surface area contributed by atoms with Gasteiger partial charge < -0.3 is 0 Å². The van der Waals surface area contributed by atoms with Crippen molar-refractivity contribution in [2.75, 3.05) is 0 Å². The smallest absolute Gasteiger partial charge is 0.212 e. The van der Waals surface area contributed by atoms with Gasteiger partial charge in [0, 0.05) is 10.7 Å². The van der Waals surface area contributed by atoms with Crippen LogP contribution in [0.25, 0.3) is 0 Å². The second-order valence-electron chi connectivity index (χ2n) is 4.22. The first-order valence-corrected chi connectivity index (χ1v) is 6.03. The molecule has 1 aliphatic carbocycles. The zero-order valence-electron chi connectivity index (χ0n) is 6.96. The van der Waals surface area contributed by atoms with Gasteiger partial charge in [0.05, 0.1) is 5.25 Å². The first-order valence-electron chi connectivity index (χ1n) is 3.66. The molecule has 0 N–H and O–H groups in total. The molecule has 0 saturated heterocycles. The van der Waals surface area contributed by atoms with Gasteiger partial charge in [-0.1, -0.05) is 20.8 Å². The minimum atomic E-state index is -3.29. The van der Waals surface area contributed by atoms with Crippen LogP contribution in [0.15, 0.2) is 0 Å². The second kappa shape index (κ2) is 2.36. The lowest BCUT2D eigenvalue weighted by Gasteiger charge is -2.16. The first kappa shape index (κ1) is 9.33. The van der Waals surface area contributed by atoms with Gasteiger partial charge in [-0.05, 0) is 17.8 Å². The van der Waals surface area contributed by atoms with Crippen molar-refractivity contribution < 1.29 is 8.42 Å². The molecule has 2 atom stereocenters. The molecule has 0 bridgehead atoms. The maximum atomic E-state index is 10.8. The van der Waals surface area contributed by atoms with Gasteiger partial charge in [0.15, 0.2) is 0 Å². The molecule has 4 heteroatoms. The van der Waals surface area contributed by atoms with E-state index in [0.717, 1.165) is 6.42 Å². The molecule has 0 heterocycles. The third kappa shape index (κ3) is 2.09. The third-order valence-corrected chi connectivity index (χ3v) is 4.14. The van der Waals surface area contributed by atoms with E-state index < -0.39 is 9.05 Å². The molecule has 0 aromatic carbocycles. The van der Waals surface area contributed by atoms with Crippen molar-refractivity contribution in [1.82, 2.24) is 0 Å². The highest BCUT2D eigenvalue weighted by atomic mass is 35.7. The molecule has 0 aromatic rings. The number of hydrogen-bond donors (Lipinski definition) is 0. The van der Waals surface area contributed by atoms with E-state index in [1.165, 1.54) is 0 Å². The summed E-state index contributed by atoms with van der Waals surface area (Å²) in [7, 11) is 1.91. The molecule has 0 amide bonds. The van der Waals surface area contributed by atoms with E-state index in [0.29, 0.717) is 0 Å². The van der Waals surface area contributed by atoms with Gasteiger partial charge in [0.1, 0.15) is 0 Å². The molecule has 2 nitrogen and oxygen atoms in total. The van der Waals surface area contributed by atoms with Crippen molar-refractivity contribution in [2.24, 2.45) is 11.3 Å². The Balaban J connectivity index is 2.65. The molecule has 11 heavy (non-hydrogen) atoms. The number of halogens is 1. The van der Waals surface area contributed by atoms with Crippen molar-refractivity contribution in [2.45, 2.75) is 32.4 Å². The summed E-state index contributed by atoms with van der Waals surface area (Å²) in [5.74, 6) is 0.255. The van der Waals surface area contributed by atoms with Crippen molar-refractivity contribution in [3.8, 4) is 0 Å². The van der Waals surface area contributed by atoms with Crippen LogP contribution in [0.3, 0.4) is 0 Å². The molecule has 1 saturated carbocycles. The minimum Gasteiger partial charge on any atom is -0.212 e. The topological polar surface area (TPSA) is 34.1 Å². The summed E-state index contributed by atoms with van der Waals surface area (Å²) >= 11 is 0. The van der Waals surface area contributed by atoms with E-state index in [1.54, 1.807) is 0 Å². The van der Waals surface area contributed by atoms with Gasteiger partial charge >= 0.3 is 0 Å². The fourth-order valence-corrected chi connectivity index (χ4v) is 3.22. The Bertz CT molecular complexity index is 250. The van der Waals surface area contributed by atoms with E-state index in [9.17, 15) is 8.42 Å². The van der Waals surface area contributed by atoms with Crippen LogP contribution in [0.4, 0.5) is 0 Å². The number of hydrogen-bond acceptors (Lipinski definition) is 2. The highest BCUT2D eigenvalue weighted by Gasteiger charge is 2.52. The van der Waals surface area contributed by atoms with Crippen LogP contribution in [0.2, 0.25) is 0 Å². The lowest BCUT2D eigenvalue weighted by molar-refractivity contribution is 0.351. The zero-order chi connectivity index (χ0) is 8.86. The Morgan fingerprint density at radius 1 is 1.36 bits per heavy atom. The van der Waals surface area contributed by atoms with Crippen molar-refractivity contribution in [3.63, 3.8) is 0 Å². The Labute approximate surface area is 72.4 Å². The van der Waals surface area contributed by atoms with Gasteiger partial charge in [-0.2, -0.15) is 0 Å². The molecule has 66 valence electrons. The van der Waals surface area contributed by atoms with E-state index in [1.807, 2.05) is 20.8 Å². The van der Waals surface area contributed by atoms with Crippen LogP contribution in [0.5, 0.6) is 0 Å². The Hall–Kier alpha value is 0.240. The summed E-state index contributed by atoms with van der Waals surface area (Å²) in [6, 6.07) is 0. The molecule has 1 fully saturated rings. The Morgan fingerprint density at radius 3 is 1.91 bits per heavy atom. The minimum absolute atomic E-state index is 0.0760. The van der Waals surface area contributed by atoms with Crippen molar-refractivity contribution in [3.05, 3.63) is 0 Å². The molecular weight excluding hydrogens is 184 g/mol. The number of rotatable bonds is 1. The SMILES string of the molecule is CC(C)(C)[C@@H]1C[C@H]1S(=O)(=O)Cl. The normalized spacial score (nSPS) is 32.0. The maximum absolute atomic E-state index is 10.8. The average molecular weight is 197 g/mol. The van der Waals surface area contributed by atoms with E-state index in [4.69, 9.17) is 10.7 Å². The molecule has 0 spiro atoms. The van der Waals surface area contributed by atoms with Crippen LogP contribution in [-0.4, -0.2) is 13.7 Å². The highest BCUT2D eigenvalue weighted by Crippen LogP contribution is 2.50. The van der Waals surface area contributed by atoms with Gasteiger partial charge in [0.2, 0.25) is 9.05 Å². The predicted molar refractivity (Wildman–Crippen MR) is 46.1 cm³/mol. The maximum Gasteiger partial charge on any atom is 0.235 e. The average Bonchev–Trinajstić information content (AvgIpc) is 2.30. The summed E-state index contributed by atoms with van der Waals surface area (Å²) in [5.41, 5.74) is 0.0760. The zero-order valence-corrected chi connectivity index (χ0v) is 8.54. The summed E-state index contributed by atoms with van der Waals surface area (Å²) < 4.78 is 21.6. The summed E-state index contributed by atoms with van der Waals surface area (Å²) in [4.78, 5) is 0. The van der Waals surface area contributed by atoms with Crippen LogP contribution in [0.1, 0.15) is 27.2 Å². The molecule has 1 aliphatic rings. The summed E-state index contributed by atoms with van der Waals surface area (Å²) in [6.45, 7) is 6.12. The van der Waals surface area contributed by atoms with Crippen molar-refractivity contribution in [1.29, 1.82) is 0 Å². The lowest BCUT2D eigenvalue weighted by Crippen LogP contribution is -2.13.